The van der Waals surface area contributed by atoms with Gasteiger partial charge in [-0.3, -0.25) is 4.79 Å². The number of nitrogens with zero attached hydrogens (tertiary/aromatic N) is 2. The molecule has 0 saturated carbocycles. The fourth-order valence-electron chi connectivity index (χ4n) is 1.47. The molecule has 0 saturated heterocycles. The van der Waals surface area contributed by atoms with Crippen molar-refractivity contribution in [1.29, 1.82) is 0 Å². The first-order valence-electron chi connectivity index (χ1n) is 5.70. The number of carbonyl (C=O) groups is 1. The van der Waals surface area contributed by atoms with Crippen LogP contribution in [0.1, 0.15) is 12.8 Å². The summed E-state index contributed by atoms with van der Waals surface area (Å²) in [6.07, 6.45) is 0.721. The molecule has 19 heavy (non-hydrogen) atoms. The molecule has 0 aliphatic heterocycles. The Labute approximate surface area is 122 Å². The zero-order valence-corrected chi connectivity index (χ0v) is 12.4. The number of hydrogen-bond donors (Lipinski definition) is 2. The minimum atomic E-state index is -0.786. The maximum absolute atomic E-state index is 10.4. The van der Waals surface area contributed by atoms with E-state index in [1.54, 1.807) is 11.3 Å². The first-order valence-corrected chi connectivity index (χ1v) is 7.31. The van der Waals surface area contributed by atoms with Crippen molar-refractivity contribution < 1.29 is 9.90 Å². The van der Waals surface area contributed by atoms with Crippen LogP contribution in [0.2, 0.25) is 0 Å². The number of aromatic nitrogens is 2. The lowest BCUT2D eigenvalue weighted by Gasteiger charge is -2.03. The van der Waals surface area contributed by atoms with Crippen molar-refractivity contribution in [2.24, 2.45) is 0 Å². The molecule has 0 atom stereocenters. The van der Waals surface area contributed by atoms with E-state index < -0.39 is 5.97 Å². The number of nitrogens with one attached hydrogen (secondary N) is 1. The van der Waals surface area contributed by atoms with Gasteiger partial charge in [0.05, 0.1) is 8.66 Å². The maximum Gasteiger partial charge on any atom is 0.303 e. The van der Waals surface area contributed by atoms with Crippen molar-refractivity contribution in [2.75, 3.05) is 11.9 Å². The fourth-order valence-corrected chi connectivity index (χ4v) is 2.82. The molecular weight excluding hydrogens is 330 g/mol. The molecule has 7 heteroatoms. The summed E-state index contributed by atoms with van der Waals surface area (Å²) >= 11 is 5.01. The molecule has 2 N–H and O–H groups in total. The molecule has 0 unspecified atom stereocenters. The van der Waals surface area contributed by atoms with E-state index in [0.717, 1.165) is 14.4 Å². The highest BCUT2D eigenvalue weighted by Gasteiger charge is 2.04. The van der Waals surface area contributed by atoms with E-state index in [2.05, 4.69) is 31.4 Å². The van der Waals surface area contributed by atoms with Crippen molar-refractivity contribution in [3.8, 4) is 10.6 Å². The highest BCUT2D eigenvalue weighted by Crippen LogP contribution is 2.29. The molecule has 0 aliphatic carbocycles. The van der Waals surface area contributed by atoms with Gasteiger partial charge in [0.1, 0.15) is 11.5 Å². The van der Waals surface area contributed by atoms with E-state index in [1.165, 1.54) is 0 Å². The zero-order valence-electron chi connectivity index (χ0n) is 9.97. The van der Waals surface area contributed by atoms with Crippen molar-refractivity contribution >= 4 is 39.1 Å². The minimum Gasteiger partial charge on any atom is -0.481 e. The fraction of sp³-hybridized carbons (Fsp3) is 0.250. The Bertz CT molecular complexity index is 556. The molecule has 100 valence electrons. The summed E-state index contributed by atoms with van der Waals surface area (Å²) in [5.74, 6) is -0.128. The third-order valence-corrected chi connectivity index (χ3v) is 4.01. The van der Waals surface area contributed by atoms with E-state index in [9.17, 15) is 4.79 Å². The summed E-state index contributed by atoms with van der Waals surface area (Å²) in [5, 5.41) is 19.8. The SMILES string of the molecule is O=C(O)CCCNc1ccc(-c2ccc(Br)s2)nn1. The van der Waals surface area contributed by atoms with Crippen molar-refractivity contribution in [3.05, 3.63) is 28.1 Å². The number of anilines is 1. The van der Waals surface area contributed by atoms with Gasteiger partial charge in [-0.2, -0.15) is 0 Å². The van der Waals surface area contributed by atoms with Crippen molar-refractivity contribution in [3.63, 3.8) is 0 Å². The number of hydrogen-bond acceptors (Lipinski definition) is 5. The average molecular weight is 342 g/mol. The van der Waals surface area contributed by atoms with E-state index in [1.807, 2.05) is 24.3 Å². The minimum absolute atomic E-state index is 0.154. The number of carboxylic acids is 1. The molecule has 0 amide bonds. The molecule has 0 aromatic carbocycles. The van der Waals surface area contributed by atoms with Gasteiger partial charge in [-0.1, -0.05) is 0 Å². The molecule has 0 radical (unpaired) electrons. The van der Waals surface area contributed by atoms with Gasteiger partial charge in [0.15, 0.2) is 0 Å². The van der Waals surface area contributed by atoms with E-state index in [-0.39, 0.29) is 6.42 Å². The van der Waals surface area contributed by atoms with Crippen LogP contribution in [0.25, 0.3) is 10.6 Å². The van der Waals surface area contributed by atoms with Gasteiger partial charge < -0.3 is 10.4 Å². The normalized spacial score (nSPS) is 10.4. The number of thiophene rings is 1. The molecular formula is C12H12BrN3O2S. The molecule has 0 aliphatic rings. The first-order chi connectivity index (χ1) is 9.15. The van der Waals surface area contributed by atoms with Gasteiger partial charge in [0.2, 0.25) is 0 Å². The standard InChI is InChI=1S/C12H12BrN3O2S/c13-10-5-4-9(19-10)8-3-6-11(16-15-8)14-7-1-2-12(17)18/h3-6H,1-2,7H2,(H,14,16)(H,17,18). The van der Waals surface area contributed by atoms with Crippen molar-refractivity contribution in [1.82, 2.24) is 10.2 Å². The lowest BCUT2D eigenvalue weighted by atomic mass is 10.3. The summed E-state index contributed by atoms with van der Waals surface area (Å²) in [6.45, 7) is 0.574. The van der Waals surface area contributed by atoms with Crippen LogP contribution in [-0.4, -0.2) is 27.8 Å². The predicted octanol–water partition coefficient (Wildman–Crippen LogP) is 3.24. The molecule has 2 aromatic rings. The quantitative estimate of drug-likeness (QED) is 0.789. The Morgan fingerprint density at radius 1 is 1.32 bits per heavy atom. The van der Waals surface area contributed by atoms with Gasteiger partial charge in [0.25, 0.3) is 0 Å². The summed E-state index contributed by atoms with van der Waals surface area (Å²) in [4.78, 5) is 11.4. The highest BCUT2D eigenvalue weighted by atomic mass is 79.9. The summed E-state index contributed by atoms with van der Waals surface area (Å²) in [5.41, 5.74) is 0.826. The zero-order chi connectivity index (χ0) is 13.7. The second kappa shape index (κ2) is 6.63. The molecule has 2 rings (SSSR count). The van der Waals surface area contributed by atoms with Crippen LogP contribution in [0.15, 0.2) is 28.1 Å². The monoisotopic (exact) mass is 341 g/mol. The van der Waals surface area contributed by atoms with Crippen LogP contribution >= 0.6 is 27.3 Å². The lowest BCUT2D eigenvalue weighted by Crippen LogP contribution is -2.06. The Balaban J connectivity index is 1.90. The maximum atomic E-state index is 10.4. The van der Waals surface area contributed by atoms with E-state index in [4.69, 9.17) is 5.11 Å². The smallest absolute Gasteiger partial charge is 0.303 e. The lowest BCUT2D eigenvalue weighted by molar-refractivity contribution is -0.137. The number of aliphatic carboxylic acids is 1. The predicted molar refractivity (Wildman–Crippen MR) is 78.4 cm³/mol. The molecule has 0 fully saturated rings. The van der Waals surface area contributed by atoms with Crippen molar-refractivity contribution in [2.45, 2.75) is 12.8 Å². The number of halogens is 1. The van der Waals surface area contributed by atoms with E-state index in [0.29, 0.717) is 18.8 Å². The molecule has 5 nitrogen and oxygen atoms in total. The van der Waals surface area contributed by atoms with Crippen LogP contribution in [0.3, 0.4) is 0 Å². The molecule has 0 spiro atoms. The number of rotatable bonds is 6. The first kappa shape index (κ1) is 14.0. The van der Waals surface area contributed by atoms with E-state index >= 15 is 0 Å². The summed E-state index contributed by atoms with van der Waals surface area (Å²) < 4.78 is 1.06. The van der Waals surface area contributed by atoms with Gasteiger partial charge in [-0.15, -0.1) is 21.5 Å². The molecule has 0 bridgehead atoms. The summed E-state index contributed by atoms with van der Waals surface area (Å²) in [7, 11) is 0. The van der Waals surface area contributed by atoms with Crippen LogP contribution < -0.4 is 5.32 Å². The van der Waals surface area contributed by atoms with Crippen LogP contribution in [-0.2, 0) is 4.79 Å². The third-order valence-electron chi connectivity index (χ3n) is 2.36. The Kier molecular flexibility index (Phi) is 4.86. The van der Waals surface area contributed by atoms with Crippen LogP contribution in [0.5, 0.6) is 0 Å². The van der Waals surface area contributed by atoms with Gasteiger partial charge in [-0.05, 0) is 46.6 Å². The second-order valence-electron chi connectivity index (χ2n) is 3.83. The van der Waals surface area contributed by atoms with Crippen LogP contribution in [0.4, 0.5) is 5.82 Å². The third kappa shape index (κ3) is 4.29. The Morgan fingerprint density at radius 3 is 2.74 bits per heavy atom. The Morgan fingerprint density at radius 2 is 2.16 bits per heavy atom. The highest BCUT2D eigenvalue weighted by molar-refractivity contribution is 9.11. The Hall–Kier alpha value is -1.47. The van der Waals surface area contributed by atoms with Gasteiger partial charge in [-0.25, -0.2) is 0 Å². The topological polar surface area (TPSA) is 75.1 Å². The number of carboxylic acid groups (broad SMARTS) is 1. The van der Waals surface area contributed by atoms with Crippen LogP contribution in [0, 0.1) is 0 Å². The summed E-state index contributed by atoms with van der Waals surface area (Å²) in [6, 6.07) is 7.69. The second-order valence-corrected chi connectivity index (χ2v) is 6.29. The van der Waals surface area contributed by atoms with Gasteiger partial charge in [0, 0.05) is 13.0 Å². The average Bonchev–Trinajstić information content (AvgIpc) is 2.82. The van der Waals surface area contributed by atoms with Gasteiger partial charge >= 0.3 is 5.97 Å². The largest absolute Gasteiger partial charge is 0.481 e. The molecule has 2 aromatic heterocycles. The molecule has 2 heterocycles.